The normalized spacial score (nSPS) is 19.1. The maximum Gasteiger partial charge on any atom is 0.253 e. The number of halogens is 1. The Kier molecular flexibility index (Phi) is 4.64. The molecule has 2 heterocycles. The molecule has 1 amide bonds. The Bertz CT molecular complexity index is 919. The van der Waals surface area contributed by atoms with Crippen molar-refractivity contribution in [1.82, 2.24) is 14.7 Å². The summed E-state index contributed by atoms with van der Waals surface area (Å²) in [6.07, 6.45) is 0.493. The monoisotopic (exact) mass is 381 g/mol. The number of aromatic nitrogens is 2. The second-order valence-corrected chi connectivity index (χ2v) is 9.02. The van der Waals surface area contributed by atoms with E-state index in [1.165, 1.54) is 4.90 Å². The van der Waals surface area contributed by atoms with Crippen LogP contribution in [-0.4, -0.2) is 53.6 Å². The number of amides is 1. The number of carbonyl (C=O) groups is 1. The summed E-state index contributed by atoms with van der Waals surface area (Å²) in [5, 5.41) is 5.02. The van der Waals surface area contributed by atoms with Gasteiger partial charge < -0.3 is 4.90 Å². The molecular weight excluding hydrogens is 362 g/mol. The molecule has 1 aliphatic heterocycles. The van der Waals surface area contributed by atoms with Gasteiger partial charge >= 0.3 is 0 Å². The van der Waals surface area contributed by atoms with Crippen molar-refractivity contribution in [3.05, 3.63) is 46.2 Å². The zero-order valence-corrected chi connectivity index (χ0v) is 15.9. The van der Waals surface area contributed by atoms with Crippen LogP contribution in [0, 0.1) is 13.8 Å². The number of hydrogen-bond acceptors (Lipinski definition) is 4. The first-order chi connectivity index (χ1) is 11.7. The zero-order chi connectivity index (χ0) is 18.4. The van der Waals surface area contributed by atoms with Crippen molar-refractivity contribution in [2.24, 2.45) is 0 Å². The molecule has 2 aromatic rings. The molecule has 1 aliphatic rings. The Balaban J connectivity index is 1.80. The average molecular weight is 382 g/mol. The number of nitrogens with zero attached hydrogens (tertiary/aromatic N) is 3. The van der Waals surface area contributed by atoms with E-state index in [2.05, 4.69) is 5.10 Å². The number of sulfone groups is 1. The van der Waals surface area contributed by atoms with Crippen molar-refractivity contribution >= 4 is 27.3 Å². The van der Waals surface area contributed by atoms with E-state index >= 15 is 0 Å². The molecule has 0 unspecified atom stereocenters. The lowest BCUT2D eigenvalue weighted by Crippen LogP contribution is -2.37. The average Bonchev–Trinajstić information content (AvgIpc) is 3.08. The van der Waals surface area contributed by atoms with Crippen LogP contribution in [0.5, 0.6) is 0 Å². The summed E-state index contributed by atoms with van der Waals surface area (Å²) in [7, 11) is -1.37. The first kappa shape index (κ1) is 17.9. The molecule has 0 N–H and O–H groups in total. The molecule has 134 valence electrons. The van der Waals surface area contributed by atoms with Crippen molar-refractivity contribution in [2.45, 2.75) is 26.3 Å². The van der Waals surface area contributed by atoms with Gasteiger partial charge in [0.2, 0.25) is 0 Å². The van der Waals surface area contributed by atoms with E-state index in [-0.39, 0.29) is 23.5 Å². The lowest BCUT2D eigenvalue weighted by Gasteiger charge is -2.23. The molecule has 8 heteroatoms. The minimum atomic E-state index is -3.02. The van der Waals surface area contributed by atoms with Crippen LogP contribution in [0.15, 0.2) is 24.3 Å². The summed E-state index contributed by atoms with van der Waals surface area (Å²) in [4.78, 5) is 14.1. The standard InChI is InChI=1S/C17H20ClN3O3S/c1-11-16(18)12(2)21(19-11)14-6-4-13(5-7-14)17(22)20(3)15-8-9-25(23,24)10-15/h4-7,15H,8-10H2,1-3H3/t15-/m0/s1. The van der Waals surface area contributed by atoms with Crippen molar-refractivity contribution in [3.8, 4) is 5.69 Å². The van der Waals surface area contributed by atoms with Gasteiger partial charge in [-0.25, -0.2) is 13.1 Å². The molecule has 0 spiro atoms. The molecule has 0 aliphatic carbocycles. The lowest BCUT2D eigenvalue weighted by molar-refractivity contribution is 0.0747. The van der Waals surface area contributed by atoms with E-state index in [0.29, 0.717) is 17.0 Å². The van der Waals surface area contributed by atoms with Gasteiger partial charge in [-0.15, -0.1) is 0 Å². The quantitative estimate of drug-likeness (QED) is 0.818. The molecule has 6 nitrogen and oxygen atoms in total. The Morgan fingerprint density at radius 2 is 1.92 bits per heavy atom. The van der Waals surface area contributed by atoms with Crippen LogP contribution >= 0.6 is 11.6 Å². The number of rotatable bonds is 3. The Morgan fingerprint density at radius 3 is 2.40 bits per heavy atom. The summed E-state index contributed by atoms with van der Waals surface area (Å²) in [5.74, 6) is 0.00450. The van der Waals surface area contributed by atoms with Crippen LogP contribution in [0.3, 0.4) is 0 Å². The molecule has 1 fully saturated rings. The maximum atomic E-state index is 12.6. The fourth-order valence-corrected chi connectivity index (χ4v) is 4.96. The van der Waals surface area contributed by atoms with E-state index in [1.807, 2.05) is 26.0 Å². The van der Waals surface area contributed by atoms with Gasteiger partial charge in [0.1, 0.15) is 0 Å². The molecule has 1 aromatic carbocycles. The maximum absolute atomic E-state index is 12.6. The molecule has 0 saturated carbocycles. The molecule has 3 rings (SSSR count). The first-order valence-electron chi connectivity index (χ1n) is 7.99. The molecule has 0 bridgehead atoms. The fraction of sp³-hybridized carbons (Fsp3) is 0.412. The molecule has 1 saturated heterocycles. The third-order valence-corrected chi connectivity index (χ3v) is 6.94. The predicted octanol–water partition coefficient (Wildman–Crippen LogP) is 2.40. The largest absolute Gasteiger partial charge is 0.338 e. The smallest absolute Gasteiger partial charge is 0.253 e. The Morgan fingerprint density at radius 1 is 1.28 bits per heavy atom. The van der Waals surface area contributed by atoms with Gasteiger partial charge in [0.25, 0.3) is 5.91 Å². The van der Waals surface area contributed by atoms with Gasteiger partial charge in [0.05, 0.1) is 33.6 Å². The molecule has 1 atom stereocenters. The summed E-state index contributed by atoms with van der Waals surface area (Å²) < 4.78 is 25.0. The highest BCUT2D eigenvalue weighted by Crippen LogP contribution is 2.23. The van der Waals surface area contributed by atoms with Crippen LogP contribution in [0.1, 0.15) is 28.2 Å². The van der Waals surface area contributed by atoms with Crippen LogP contribution in [0.4, 0.5) is 0 Å². The van der Waals surface area contributed by atoms with E-state index in [4.69, 9.17) is 11.6 Å². The number of aryl methyl sites for hydroxylation is 1. The van der Waals surface area contributed by atoms with Crippen LogP contribution in [0.2, 0.25) is 5.02 Å². The van der Waals surface area contributed by atoms with Crippen molar-refractivity contribution in [2.75, 3.05) is 18.6 Å². The van der Waals surface area contributed by atoms with Crippen LogP contribution in [-0.2, 0) is 9.84 Å². The second-order valence-electron chi connectivity index (χ2n) is 6.42. The van der Waals surface area contributed by atoms with Crippen molar-refractivity contribution < 1.29 is 13.2 Å². The number of hydrogen-bond donors (Lipinski definition) is 0. The lowest BCUT2D eigenvalue weighted by atomic mass is 10.1. The van der Waals surface area contributed by atoms with Crippen molar-refractivity contribution in [1.29, 1.82) is 0 Å². The highest BCUT2D eigenvalue weighted by Gasteiger charge is 2.33. The second kappa shape index (κ2) is 6.46. The van der Waals surface area contributed by atoms with Gasteiger partial charge in [-0.05, 0) is 44.5 Å². The predicted molar refractivity (Wildman–Crippen MR) is 97.2 cm³/mol. The first-order valence-corrected chi connectivity index (χ1v) is 10.2. The Labute approximate surface area is 152 Å². The number of benzene rings is 1. The van der Waals surface area contributed by atoms with Gasteiger partial charge in [-0.3, -0.25) is 4.79 Å². The highest BCUT2D eigenvalue weighted by atomic mass is 35.5. The summed E-state index contributed by atoms with van der Waals surface area (Å²) in [6.45, 7) is 3.73. The summed E-state index contributed by atoms with van der Waals surface area (Å²) in [6, 6.07) is 6.81. The third-order valence-electron chi connectivity index (χ3n) is 4.64. The fourth-order valence-electron chi connectivity index (χ4n) is 3.07. The van der Waals surface area contributed by atoms with Gasteiger partial charge in [0, 0.05) is 18.7 Å². The van der Waals surface area contributed by atoms with E-state index in [1.54, 1.807) is 23.9 Å². The van der Waals surface area contributed by atoms with Gasteiger partial charge in [-0.1, -0.05) is 11.6 Å². The minimum Gasteiger partial charge on any atom is -0.338 e. The highest BCUT2D eigenvalue weighted by molar-refractivity contribution is 7.91. The van der Waals surface area contributed by atoms with E-state index < -0.39 is 9.84 Å². The molecule has 0 radical (unpaired) electrons. The van der Waals surface area contributed by atoms with E-state index in [0.717, 1.165) is 17.1 Å². The van der Waals surface area contributed by atoms with Crippen molar-refractivity contribution in [3.63, 3.8) is 0 Å². The molecular formula is C17H20ClN3O3S. The molecule has 25 heavy (non-hydrogen) atoms. The van der Waals surface area contributed by atoms with Crippen LogP contribution < -0.4 is 0 Å². The Hall–Kier alpha value is -1.86. The zero-order valence-electron chi connectivity index (χ0n) is 14.4. The number of carbonyl (C=O) groups excluding carboxylic acids is 1. The molecule has 1 aromatic heterocycles. The van der Waals surface area contributed by atoms with Crippen LogP contribution in [0.25, 0.3) is 5.69 Å². The van der Waals surface area contributed by atoms with Gasteiger partial charge in [0.15, 0.2) is 9.84 Å². The SMILES string of the molecule is Cc1nn(-c2ccc(C(=O)N(C)[C@H]3CCS(=O)(=O)C3)cc2)c(C)c1Cl. The summed E-state index contributed by atoms with van der Waals surface area (Å²) in [5.41, 5.74) is 2.92. The van der Waals surface area contributed by atoms with E-state index in [9.17, 15) is 13.2 Å². The summed E-state index contributed by atoms with van der Waals surface area (Å²) >= 11 is 6.17. The topological polar surface area (TPSA) is 72.3 Å². The third kappa shape index (κ3) is 3.43. The minimum absolute atomic E-state index is 0.0393. The van der Waals surface area contributed by atoms with Gasteiger partial charge in [-0.2, -0.15) is 5.10 Å².